The van der Waals surface area contributed by atoms with E-state index in [-0.39, 0.29) is 0 Å². The summed E-state index contributed by atoms with van der Waals surface area (Å²) in [6, 6.07) is 11.5. The third-order valence-electron chi connectivity index (χ3n) is 5.80. The monoisotopic (exact) mass is 271 g/mol. The van der Waals surface area contributed by atoms with Crippen LogP contribution in [0, 0.1) is 23.2 Å². The molecule has 2 N–H and O–H groups in total. The Morgan fingerprint density at radius 1 is 0.950 bits per heavy atom. The highest BCUT2D eigenvalue weighted by atomic mass is 14.7. The van der Waals surface area contributed by atoms with Gasteiger partial charge >= 0.3 is 0 Å². The van der Waals surface area contributed by atoms with Gasteiger partial charge in [-0.25, -0.2) is 0 Å². The van der Waals surface area contributed by atoms with Gasteiger partial charge in [0.25, 0.3) is 0 Å². The molecule has 0 aliphatic heterocycles. The zero-order valence-electron chi connectivity index (χ0n) is 13.2. The third kappa shape index (κ3) is 2.79. The van der Waals surface area contributed by atoms with Crippen molar-refractivity contribution >= 4 is 0 Å². The van der Waals surface area contributed by atoms with Crippen LogP contribution in [0.3, 0.4) is 0 Å². The van der Waals surface area contributed by atoms with Gasteiger partial charge in [-0.05, 0) is 60.3 Å². The molecule has 0 heterocycles. The lowest BCUT2D eigenvalue weighted by Gasteiger charge is -2.41. The highest BCUT2D eigenvalue weighted by Gasteiger charge is 2.48. The van der Waals surface area contributed by atoms with Gasteiger partial charge in [0.2, 0.25) is 0 Å². The topological polar surface area (TPSA) is 26.0 Å². The number of benzene rings is 1. The minimum Gasteiger partial charge on any atom is -0.327 e. The molecule has 2 fully saturated rings. The van der Waals surface area contributed by atoms with E-state index in [1.165, 1.54) is 31.2 Å². The first kappa shape index (κ1) is 14.1. The lowest BCUT2D eigenvalue weighted by atomic mass is 9.66. The van der Waals surface area contributed by atoms with Crippen LogP contribution in [-0.2, 0) is 0 Å². The normalized spacial score (nSPS) is 37.7. The van der Waals surface area contributed by atoms with Gasteiger partial charge < -0.3 is 5.73 Å². The second kappa shape index (κ2) is 5.18. The van der Waals surface area contributed by atoms with Gasteiger partial charge in [-0.1, -0.05) is 51.1 Å². The van der Waals surface area contributed by atoms with E-state index in [2.05, 4.69) is 51.1 Å². The largest absolute Gasteiger partial charge is 0.327 e. The molecule has 0 saturated heterocycles. The van der Waals surface area contributed by atoms with Crippen molar-refractivity contribution in [2.24, 2.45) is 28.9 Å². The highest BCUT2D eigenvalue weighted by molar-refractivity contribution is 5.26. The molecular weight excluding hydrogens is 242 g/mol. The van der Waals surface area contributed by atoms with Crippen molar-refractivity contribution in [2.75, 3.05) is 0 Å². The van der Waals surface area contributed by atoms with E-state index < -0.39 is 0 Å². The fourth-order valence-corrected chi connectivity index (χ4v) is 4.28. The summed E-state index contributed by atoms with van der Waals surface area (Å²) in [5.41, 5.74) is 8.44. The molecule has 0 aromatic heterocycles. The molecule has 1 aromatic rings. The molecule has 1 heteroatoms. The summed E-state index contributed by atoms with van der Waals surface area (Å²) in [6.07, 6.45) is 5.26. The summed E-state index contributed by atoms with van der Waals surface area (Å²) in [7, 11) is 0. The van der Waals surface area contributed by atoms with Gasteiger partial charge in [-0.3, -0.25) is 0 Å². The quantitative estimate of drug-likeness (QED) is 0.837. The fourth-order valence-electron chi connectivity index (χ4n) is 4.28. The fraction of sp³-hybridized carbons (Fsp3) is 0.684. The summed E-state index contributed by atoms with van der Waals surface area (Å²) in [5, 5.41) is 0. The van der Waals surface area contributed by atoms with Gasteiger partial charge in [0.1, 0.15) is 0 Å². The van der Waals surface area contributed by atoms with Gasteiger partial charge in [-0.15, -0.1) is 0 Å². The van der Waals surface area contributed by atoms with E-state index >= 15 is 0 Å². The van der Waals surface area contributed by atoms with Crippen molar-refractivity contribution in [1.82, 2.24) is 0 Å². The molecule has 20 heavy (non-hydrogen) atoms. The van der Waals surface area contributed by atoms with Crippen molar-refractivity contribution < 1.29 is 0 Å². The molecule has 3 rings (SSSR count). The Bertz CT molecular complexity index is 445. The number of hydrogen-bond donors (Lipinski definition) is 1. The predicted molar refractivity (Wildman–Crippen MR) is 85.6 cm³/mol. The van der Waals surface area contributed by atoms with Crippen LogP contribution in [0.1, 0.15) is 57.9 Å². The molecule has 110 valence electrons. The van der Waals surface area contributed by atoms with Crippen LogP contribution in [0.15, 0.2) is 30.3 Å². The lowest BCUT2D eigenvalue weighted by Crippen LogP contribution is -2.40. The van der Waals surface area contributed by atoms with Crippen LogP contribution >= 0.6 is 0 Å². The number of rotatable bonds is 2. The predicted octanol–water partition coefficient (Wildman–Crippen LogP) is 4.58. The summed E-state index contributed by atoms with van der Waals surface area (Å²) < 4.78 is 0. The zero-order chi connectivity index (χ0) is 14.3. The molecule has 5 atom stereocenters. The second-order valence-electron chi connectivity index (χ2n) is 8.12. The van der Waals surface area contributed by atoms with E-state index in [4.69, 9.17) is 5.73 Å². The Morgan fingerprint density at radius 3 is 2.30 bits per heavy atom. The Balaban J connectivity index is 1.68. The molecule has 0 spiro atoms. The SMILES string of the molecule is CC(C)(C)C1CCC(N)C(C2CC2c2ccccc2)C1. The molecule has 2 aliphatic carbocycles. The maximum Gasteiger partial charge on any atom is 0.00702 e. The molecule has 2 saturated carbocycles. The molecule has 0 amide bonds. The minimum atomic E-state index is 0.437. The van der Waals surface area contributed by atoms with Crippen molar-refractivity contribution in [3.05, 3.63) is 35.9 Å². The number of nitrogens with two attached hydrogens (primary N) is 1. The Kier molecular flexibility index (Phi) is 3.66. The molecule has 0 radical (unpaired) electrons. The molecule has 1 nitrogen and oxygen atoms in total. The van der Waals surface area contributed by atoms with Crippen LogP contribution in [0.4, 0.5) is 0 Å². The van der Waals surface area contributed by atoms with Crippen LogP contribution in [-0.4, -0.2) is 6.04 Å². The second-order valence-corrected chi connectivity index (χ2v) is 8.12. The molecule has 5 unspecified atom stereocenters. The smallest absolute Gasteiger partial charge is 0.00702 e. The van der Waals surface area contributed by atoms with E-state index in [1.807, 2.05) is 0 Å². The Morgan fingerprint density at radius 2 is 1.65 bits per heavy atom. The molecule has 1 aromatic carbocycles. The average Bonchev–Trinajstić information content (AvgIpc) is 3.19. The van der Waals surface area contributed by atoms with Crippen LogP contribution < -0.4 is 5.73 Å². The summed E-state index contributed by atoms with van der Waals surface area (Å²) >= 11 is 0. The highest BCUT2D eigenvalue weighted by Crippen LogP contribution is 2.56. The van der Waals surface area contributed by atoms with Crippen LogP contribution in [0.25, 0.3) is 0 Å². The molecule has 2 aliphatic rings. The van der Waals surface area contributed by atoms with E-state index in [1.54, 1.807) is 0 Å². The first-order valence-electron chi connectivity index (χ1n) is 8.27. The van der Waals surface area contributed by atoms with E-state index in [0.717, 1.165) is 23.7 Å². The van der Waals surface area contributed by atoms with Gasteiger partial charge in [0, 0.05) is 6.04 Å². The van der Waals surface area contributed by atoms with Crippen molar-refractivity contribution in [3.63, 3.8) is 0 Å². The van der Waals surface area contributed by atoms with E-state index in [0.29, 0.717) is 11.5 Å². The lowest BCUT2D eigenvalue weighted by molar-refractivity contribution is 0.115. The zero-order valence-corrected chi connectivity index (χ0v) is 13.2. The third-order valence-corrected chi connectivity index (χ3v) is 5.80. The van der Waals surface area contributed by atoms with Gasteiger partial charge in [-0.2, -0.15) is 0 Å². The van der Waals surface area contributed by atoms with Gasteiger partial charge in [0.15, 0.2) is 0 Å². The Hall–Kier alpha value is -0.820. The molecular formula is C19H29N. The minimum absolute atomic E-state index is 0.437. The Labute approximate surface area is 124 Å². The van der Waals surface area contributed by atoms with Crippen LogP contribution in [0.5, 0.6) is 0 Å². The summed E-state index contributed by atoms with van der Waals surface area (Å²) in [5.74, 6) is 3.23. The van der Waals surface area contributed by atoms with E-state index in [9.17, 15) is 0 Å². The average molecular weight is 271 g/mol. The maximum absolute atomic E-state index is 6.47. The first-order chi connectivity index (χ1) is 9.47. The van der Waals surface area contributed by atoms with Crippen molar-refractivity contribution in [1.29, 1.82) is 0 Å². The standard InChI is InChI=1S/C19H29N/c1-19(2,3)14-9-10-18(20)17(11-14)16-12-15(16)13-7-5-4-6-8-13/h4-8,14-18H,9-12,20H2,1-3H3. The summed E-state index contributed by atoms with van der Waals surface area (Å²) in [6.45, 7) is 7.19. The van der Waals surface area contributed by atoms with Gasteiger partial charge in [0.05, 0.1) is 0 Å². The maximum atomic E-state index is 6.47. The number of hydrogen-bond acceptors (Lipinski definition) is 1. The van der Waals surface area contributed by atoms with Crippen LogP contribution in [0.2, 0.25) is 0 Å². The first-order valence-corrected chi connectivity index (χ1v) is 8.27. The van der Waals surface area contributed by atoms with Crippen molar-refractivity contribution in [3.8, 4) is 0 Å². The summed E-state index contributed by atoms with van der Waals surface area (Å²) in [4.78, 5) is 0. The van der Waals surface area contributed by atoms with Crippen molar-refractivity contribution in [2.45, 2.75) is 58.4 Å². The molecule has 0 bridgehead atoms.